The number of hydrogen-bond acceptors (Lipinski definition) is 2. The molecule has 1 N–H and O–H groups in total. The van der Waals surface area contributed by atoms with Crippen molar-refractivity contribution in [2.75, 3.05) is 6.54 Å². The Morgan fingerprint density at radius 1 is 1.29 bits per heavy atom. The van der Waals surface area contributed by atoms with Crippen molar-refractivity contribution in [3.63, 3.8) is 0 Å². The molecule has 1 aromatic carbocycles. The molecule has 0 spiro atoms. The fourth-order valence-electron chi connectivity index (χ4n) is 3.19. The van der Waals surface area contributed by atoms with Gasteiger partial charge in [0.25, 0.3) is 0 Å². The maximum Gasteiger partial charge on any atom is 0.0953 e. The Balaban J connectivity index is 2.04. The van der Waals surface area contributed by atoms with Crippen LogP contribution in [0.15, 0.2) is 24.3 Å². The van der Waals surface area contributed by atoms with Gasteiger partial charge < -0.3 is 10.1 Å². The highest BCUT2D eigenvalue weighted by Gasteiger charge is 2.23. The molecule has 118 valence electrons. The Labute approximate surface area is 130 Å². The lowest BCUT2D eigenvalue weighted by atomic mass is 9.88. The van der Waals surface area contributed by atoms with Crippen molar-refractivity contribution in [3.8, 4) is 0 Å². The standard InChI is InChI=1S/C19H31NO/c1-14(2)20-13-19(17-9-5-7-15(3)11-17)21-18-10-6-8-16(4)12-18/h5,7,9,11,14,16,18-20H,6,8,10,12-13H2,1-4H3. The second-order valence-corrected chi connectivity index (χ2v) is 7.00. The van der Waals surface area contributed by atoms with E-state index in [0.29, 0.717) is 12.1 Å². The molecular weight excluding hydrogens is 258 g/mol. The summed E-state index contributed by atoms with van der Waals surface area (Å²) in [5.74, 6) is 0.806. The molecule has 1 aliphatic carbocycles. The van der Waals surface area contributed by atoms with E-state index >= 15 is 0 Å². The molecule has 3 unspecified atom stereocenters. The van der Waals surface area contributed by atoms with Crippen LogP contribution >= 0.6 is 0 Å². The molecule has 0 saturated heterocycles. The molecule has 1 fully saturated rings. The summed E-state index contributed by atoms with van der Waals surface area (Å²) in [6.45, 7) is 9.78. The SMILES string of the molecule is Cc1cccc(C(CNC(C)C)OC2CCCC(C)C2)c1. The summed E-state index contributed by atoms with van der Waals surface area (Å²) in [5, 5.41) is 3.54. The van der Waals surface area contributed by atoms with E-state index in [1.165, 1.54) is 36.8 Å². The molecule has 0 heterocycles. The predicted molar refractivity (Wildman–Crippen MR) is 89.6 cm³/mol. The maximum absolute atomic E-state index is 6.49. The molecule has 1 aliphatic rings. The lowest BCUT2D eigenvalue weighted by molar-refractivity contribution is -0.0401. The molecule has 21 heavy (non-hydrogen) atoms. The van der Waals surface area contributed by atoms with Crippen LogP contribution in [0, 0.1) is 12.8 Å². The van der Waals surface area contributed by atoms with Crippen LogP contribution in [0.2, 0.25) is 0 Å². The molecule has 0 bridgehead atoms. The Morgan fingerprint density at radius 3 is 2.76 bits per heavy atom. The number of ether oxygens (including phenoxy) is 1. The zero-order valence-electron chi connectivity index (χ0n) is 14.1. The summed E-state index contributed by atoms with van der Waals surface area (Å²) in [6.07, 6.45) is 5.69. The second-order valence-electron chi connectivity index (χ2n) is 7.00. The molecular formula is C19H31NO. The fraction of sp³-hybridized carbons (Fsp3) is 0.684. The van der Waals surface area contributed by atoms with Gasteiger partial charge in [0.15, 0.2) is 0 Å². The fourth-order valence-corrected chi connectivity index (χ4v) is 3.19. The first-order valence-electron chi connectivity index (χ1n) is 8.50. The summed E-state index contributed by atoms with van der Waals surface area (Å²) in [7, 11) is 0. The van der Waals surface area contributed by atoms with E-state index in [9.17, 15) is 0 Å². The third-order valence-corrected chi connectivity index (χ3v) is 4.37. The van der Waals surface area contributed by atoms with E-state index in [1.54, 1.807) is 0 Å². The molecule has 3 atom stereocenters. The first-order chi connectivity index (χ1) is 10.0. The number of hydrogen-bond donors (Lipinski definition) is 1. The maximum atomic E-state index is 6.49. The first-order valence-corrected chi connectivity index (χ1v) is 8.50. The zero-order chi connectivity index (χ0) is 15.2. The molecule has 2 heteroatoms. The summed E-state index contributed by atoms with van der Waals surface area (Å²) < 4.78 is 6.49. The van der Waals surface area contributed by atoms with Crippen molar-refractivity contribution in [3.05, 3.63) is 35.4 Å². The van der Waals surface area contributed by atoms with E-state index in [-0.39, 0.29) is 6.10 Å². The Kier molecular flexibility index (Phi) is 6.25. The molecule has 1 aromatic rings. The highest BCUT2D eigenvalue weighted by molar-refractivity contribution is 5.24. The van der Waals surface area contributed by atoms with Gasteiger partial charge in [-0.3, -0.25) is 0 Å². The minimum Gasteiger partial charge on any atom is -0.369 e. The zero-order valence-corrected chi connectivity index (χ0v) is 14.1. The largest absolute Gasteiger partial charge is 0.369 e. The molecule has 0 radical (unpaired) electrons. The average molecular weight is 289 g/mol. The van der Waals surface area contributed by atoms with Gasteiger partial charge in [-0.2, -0.15) is 0 Å². The third-order valence-electron chi connectivity index (χ3n) is 4.37. The lowest BCUT2D eigenvalue weighted by Crippen LogP contribution is -2.32. The van der Waals surface area contributed by atoms with Gasteiger partial charge in [0, 0.05) is 12.6 Å². The summed E-state index contributed by atoms with van der Waals surface area (Å²) in [4.78, 5) is 0. The molecule has 2 nitrogen and oxygen atoms in total. The second kappa shape index (κ2) is 7.95. The number of rotatable bonds is 6. The van der Waals surface area contributed by atoms with Crippen LogP contribution in [0.5, 0.6) is 0 Å². The molecule has 0 amide bonds. The number of benzene rings is 1. The summed E-state index contributed by atoms with van der Waals surface area (Å²) >= 11 is 0. The van der Waals surface area contributed by atoms with Gasteiger partial charge >= 0.3 is 0 Å². The van der Waals surface area contributed by atoms with E-state index in [2.05, 4.69) is 57.3 Å². The minimum absolute atomic E-state index is 0.169. The number of nitrogens with one attached hydrogen (secondary N) is 1. The van der Waals surface area contributed by atoms with Crippen molar-refractivity contribution >= 4 is 0 Å². The van der Waals surface area contributed by atoms with Crippen molar-refractivity contribution in [1.29, 1.82) is 0 Å². The van der Waals surface area contributed by atoms with Crippen LogP contribution in [-0.2, 0) is 4.74 Å². The van der Waals surface area contributed by atoms with Crippen LogP contribution in [0.25, 0.3) is 0 Å². The van der Waals surface area contributed by atoms with E-state index in [0.717, 1.165) is 12.5 Å². The van der Waals surface area contributed by atoms with Crippen LogP contribution in [-0.4, -0.2) is 18.7 Å². The number of aryl methyl sites for hydroxylation is 1. The van der Waals surface area contributed by atoms with E-state index in [1.807, 2.05) is 0 Å². The Hall–Kier alpha value is -0.860. The highest BCUT2D eigenvalue weighted by atomic mass is 16.5. The van der Waals surface area contributed by atoms with Gasteiger partial charge in [-0.1, -0.05) is 63.4 Å². The topological polar surface area (TPSA) is 21.3 Å². The van der Waals surface area contributed by atoms with Gasteiger partial charge in [0.1, 0.15) is 0 Å². The lowest BCUT2D eigenvalue weighted by Gasteiger charge is -2.31. The predicted octanol–water partition coefficient (Wildman–Crippen LogP) is 4.63. The van der Waals surface area contributed by atoms with Crippen molar-refractivity contribution in [2.24, 2.45) is 5.92 Å². The molecule has 0 aliphatic heterocycles. The van der Waals surface area contributed by atoms with Gasteiger partial charge in [0.2, 0.25) is 0 Å². The van der Waals surface area contributed by atoms with E-state index in [4.69, 9.17) is 4.74 Å². The Bertz CT molecular complexity index is 429. The van der Waals surface area contributed by atoms with Crippen molar-refractivity contribution in [2.45, 2.75) is 71.6 Å². The van der Waals surface area contributed by atoms with Crippen LogP contribution in [0.3, 0.4) is 0 Å². The van der Waals surface area contributed by atoms with Crippen LogP contribution in [0.4, 0.5) is 0 Å². The quantitative estimate of drug-likeness (QED) is 0.824. The molecule has 0 aromatic heterocycles. The molecule has 2 rings (SSSR count). The van der Waals surface area contributed by atoms with Gasteiger partial charge in [-0.25, -0.2) is 0 Å². The van der Waals surface area contributed by atoms with Gasteiger partial charge in [-0.15, -0.1) is 0 Å². The highest BCUT2D eigenvalue weighted by Crippen LogP contribution is 2.30. The first kappa shape index (κ1) is 16.5. The smallest absolute Gasteiger partial charge is 0.0953 e. The molecule has 1 saturated carbocycles. The third kappa shape index (κ3) is 5.44. The van der Waals surface area contributed by atoms with Gasteiger partial charge in [-0.05, 0) is 31.2 Å². The average Bonchev–Trinajstić information content (AvgIpc) is 2.43. The monoisotopic (exact) mass is 289 g/mol. The van der Waals surface area contributed by atoms with Gasteiger partial charge in [0.05, 0.1) is 12.2 Å². The minimum atomic E-state index is 0.169. The summed E-state index contributed by atoms with van der Waals surface area (Å²) in [6, 6.07) is 9.25. The Morgan fingerprint density at radius 2 is 2.10 bits per heavy atom. The van der Waals surface area contributed by atoms with Crippen LogP contribution < -0.4 is 5.32 Å². The van der Waals surface area contributed by atoms with E-state index < -0.39 is 0 Å². The van der Waals surface area contributed by atoms with Crippen molar-refractivity contribution in [1.82, 2.24) is 5.32 Å². The summed E-state index contributed by atoms with van der Waals surface area (Å²) in [5.41, 5.74) is 2.61. The van der Waals surface area contributed by atoms with Crippen LogP contribution in [0.1, 0.15) is 63.7 Å². The van der Waals surface area contributed by atoms with Crippen molar-refractivity contribution < 1.29 is 4.74 Å². The normalized spacial score (nSPS) is 24.2.